The number of hydrogen-bond donors (Lipinski definition) is 0. The zero-order valence-electron chi connectivity index (χ0n) is 14.4. The fourth-order valence-electron chi connectivity index (χ4n) is 2.85. The number of aromatic nitrogens is 2. The van der Waals surface area contributed by atoms with Crippen LogP contribution in [0.1, 0.15) is 18.4 Å². The minimum atomic E-state index is -3.89. The topological polar surface area (TPSA) is 116 Å². The van der Waals surface area contributed by atoms with E-state index >= 15 is 0 Å². The Kier molecular flexibility index (Phi) is 5.59. The summed E-state index contributed by atoms with van der Waals surface area (Å²) in [7, 11) is -3.89. The van der Waals surface area contributed by atoms with Crippen LogP contribution in [0.15, 0.2) is 35.5 Å². The maximum Gasteiger partial charge on any atom is 0.316 e. The summed E-state index contributed by atoms with van der Waals surface area (Å²) < 4.78 is 33.0. The average Bonchev–Trinajstić information content (AvgIpc) is 2.64. The molecule has 1 atom stereocenters. The fourth-order valence-corrected chi connectivity index (χ4v) is 4.70. The lowest BCUT2D eigenvalue weighted by Crippen LogP contribution is -2.44. The van der Waals surface area contributed by atoms with Gasteiger partial charge < -0.3 is 4.74 Å². The third-order valence-electron chi connectivity index (χ3n) is 4.21. The highest BCUT2D eigenvalue weighted by molar-refractivity contribution is 7.89. The molecule has 0 spiro atoms. The quantitative estimate of drug-likeness (QED) is 0.547. The molecule has 1 aromatic carbocycles. The number of aryl methyl sites for hydroxylation is 1. The van der Waals surface area contributed by atoms with Crippen molar-refractivity contribution in [3.05, 3.63) is 51.3 Å². The number of nitro groups is 1. The molecule has 0 amide bonds. The van der Waals surface area contributed by atoms with Crippen molar-refractivity contribution in [3.8, 4) is 6.01 Å². The van der Waals surface area contributed by atoms with Crippen molar-refractivity contribution in [1.82, 2.24) is 14.3 Å². The molecule has 0 bridgehead atoms. The van der Waals surface area contributed by atoms with Gasteiger partial charge in [-0.05, 0) is 25.3 Å². The largest absolute Gasteiger partial charge is 0.459 e. The molecule has 9 nitrogen and oxygen atoms in total. The number of nitrogens with zero attached hydrogens (tertiary/aromatic N) is 4. The van der Waals surface area contributed by atoms with E-state index in [4.69, 9.17) is 16.3 Å². The monoisotopic (exact) mass is 412 g/mol. The molecule has 144 valence electrons. The molecular formula is C16H17ClN4O5S. The van der Waals surface area contributed by atoms with Gasteiger partial charge in [-0.1, -0.05) is 17.7 Å². The van der Waals surface area contributed by atoms with Crippen molar-refractivity contribution in [1.29, 1.82) is 0 Å². The maximum atomic E-state index is 13.0. The van der Waals surface area contributed by atoms with Gasteiger partial charge in [-0.15, -0.1) is 0 Å². The summed E-state index contributed by atoms with van der Waals surface area (Å²) in [5, 5.41) is 11.4. The highest BCUT2D eigenvalue weighted by Crippen LogP contribution is 2.27. The van der Waals surface area contributed by atoms with Crippen molar-refractivity contribution >= 4 is 27.3 Å². The van der Waals surface area contributed by atoms with Crippen molar-refractivity contribution in [2.75, 3.05) is 13.1 Å². The van der Waals surface area contributed by atoms with Gasteiger partial charge in [0.15, 0.2) is 0 Å². The van der Waals surface area contributed by atoms with E-state index in [1.165, 1.54) is 28.8 Å². The Morgan fingerprint density at radius 1 is 1.33 bits per heavy atom. The molecule has 1 aliphatic rings. The lowest BCUT2D eigenvalue weighted by Gasteiger charge is -2.31. The average molecular weight is 413 g/mol. The lowest BCUT2D eigenvalue weighted by atomic mass is 10.1. The van der Waals surface area contributed by atoms with Crippen LogP contribution >= 0.6 is 11.6 Å². The third kappa shape index (κ3) is 4.34. The molecule has 11 heteroatoms. The highest BCUT2D eigenvalue weighted by Gasteiger charge is 2.33. The molecule has 1 unspecified atom stereocenters. The van der Waals surface area contributed by atoms with Gasteiger partial charge in [-0.3, -0.25) is 10.1 Å². The van der Waals surface area contributed by atoms with E-state index in [2.05, 4.69) is 9.97 Å². The normalized spacial score (nSPS) is 18.2. The summed E-state index contributed by atoms with van der Waals surface area (Å²) in [5.74, 6) is 0. The van der Waals surface area contributed by atoms with E-state index in [0.29, 0.717) is 30.0 Å². The number of piperidine rings is 1. The molecule has 2 heterocycles. The number of ether oxygens (including phenoxy) is 1. The number of benzene rings is 1. The van der Waals surface area contributed by atoms with Crippen LogP contribution in [-0.4, -0.2) is 46.8 Å². The van der Waals surface area contributed by atoms with Gasteiger partial charge in [0, 0.05) is 18.7 Å². The smallest absolute Gasteiger partial charge is 0.316 e. The highest BCUT2D eigenvalue weighted by atomic mass is 35.5. The molecule has 2 aromatic rings. The van der Waals surface area contributed by atoms with Crippen LogP contribution in [0.2, 0.25) is 5.02 Å². The predicted octanol–water partition coefficient (Wildman–Crippen LogP) is 2.58. The SMILES string of the molecule is Cc1ccc([N+](=O)[O-])cc1S(=O)(=O)N1CCCC(Oc2ncc(Cl)cn2)C1. The molecule has 1 aliphatic heterocycles. The second kappa shape index (κ2) is 7.75. The lowest BCUT2D eigenvalue weighted by molar-refractivity contribution is -0.385. The number of sulfonamides is 1. The second-order valence-corrected chi connectivity index (χ2v) is 8.48. The van der Waals surface area contributed by atoms with E-state index < -0.39 is 21.1 Å². The van der Waals surface area contributed by atoms with Gasteiger partial charge >= 0.3 is 6.01 Å². The molecule has 0 N–H and O–H groups in total. The van der Waals surface area contributed by atoms with E-state index in [-0.39, 0.29) is 23.1 Å². The van der Waals surface area contributed by atoms with Crippen molar-refractivity contribution in [2.45, 2.75) is 30.8 Å². The number of halogens is 1. The first-order chi connectivity index (χ1) is 12.8. The van der Waals surface area contributed by atoms with Gasteiger partial charge in [0.05, 0.1) is 33.8 Å². The first-order valence-electron chi connectivity index (χ1n) is 8.17. The standard InChI is InChI=1S/C16H17ClN4O5S/c1-11-4-5-13(21(22)23)7-15(11)27(24,25)20-6-2-3-14(10-20)26-16-18-8-12(17)9-19-16/h4-5,7-9,14H,2-3,6,10H2,1H3. The Bertz CT molecular complexity index is 952. The van der Waals surface area contributed by atoms with E-state index in [9.17, 15) is 18.5 Å². The van der Waals surface area contributed by atoms with Gasteiger partial charge in [0.1, 0.15) is 6.10 Å². The van der Waals surface area contributed by atoms with E-state index in [1.54, 1.807) is 6.92 Å². The van der Waals surface area contributed by atoms with Crippen molar-refractivity contribution in [2.24, 2.45) is 0 Å². The molecule has 1 aromatic heterocycles. The Morgan fingerprint density at radius 3 is 2.70 bits per heavy atom. The van der Waals surface area contributed by atoms with Crippen LogP contribution < -0.4 is 4.74 Å². The summed E-state index contributed by atoms with van der Waals surface area (Å²) in [6.07, 6.45) is 3.60. The Hall–Kier alpha value is -2.30. The van der Waals surface area contributed by atoms with Crippen LogP contribution in [0, 0.1) is 17.0 Å². The third-order valence-corrected chi connectivity index (χ3v) is 6.41. The second-order valence-electron chi connectivity index (χ2n) is 6.14. The van der Waals surface area contributed by atoms with Crippen LogP contribution in [-0.2, 0) is 10.0 Å². The first-order valence-corrected chi connectivity index (χ1v) is 9.98. The maximum absolute atomic E-state index is 13.0. The predicted molar refractivity (Wildman–Crippen MR) is 97.3 cm³/mol. The molecular weight excluding hydrogens is 396 g/mol. The molecule has 0 aliphatic carbocycles. The van der Waals surface area contributed by atoms with E-state index in [1.807, 2.05) is 0 Å². The molecule has 3 rings (SSSR count). The number of hydrogen-bond acceptors (Lipinski definition) is 7. The Morgan fingerprint density at radius 2 is 2.04 bits per heavy atom. The minimum absolute atomic E-state index is 0.0694. The zero-order chi connectivity index (χ0) is 19.6. The Labute approximate surface area is 161 Å². The number of rotatable bonds is 5. The van der Waals surface area contributed by atoms with Crippen LogP contribution in [0.4, 0.5) is 5.69 Å². The van der Waals surface area contributed by atoms with Crippen LogP contribution in [0.5, 0.6) is 6.01 Å². The van der Waals surface area contributed by atoms with Gasteiger partial charge in [-0.25, -0.2) is 18.4 Å². The van der Waals surface area contributed by atoms with Gasteiger partial charge in [0.2, 0.25) is 10.0 Å². The minimum Gasteiger partial charge on any atom is -0.459 e. The molecule has 1 saturated heterocycles. The van der Waals surface area contributed by atoms with Crippen LogP contribution in [0.3, 0.4) is 0 Å². The summed E-state index contributed by atoms with van der Waals surface area (Å²) >= 11 is 5.74. The number of nitro benzene ring substituents is 1. The Balaban J connectivity index is 1.81. The van der Waals surface area contributed by atoms with Gasteiger partial charge in [-0.2, -0.15) is 4.31 Å². The summed E-state index contributed by atoms with van der Waals surface area (Å²) in [6.45, 7) is 2.03. The molecule has 27 heavy (non-hydrogen) atoms. The van der Waals surface area contributed by atoms with Gasteiger partial charge in [0.25, 0.3) is 5.69 Å². The number of non-ortho nitro benzene ring substituents is 1. The van der Waals surface area contributed by atoms with E-state index in [0.717, 1.165) is 6.07 Å². The molecule has 0 saturated carbocycles. The fraction of sp³-hybridized carbons (Fsp3) is 0.375. The van der Waals surface area contributed by atoms with Crippen LogP contribution in [0.25, 0.3) is 0 Å². The van der Waals surface area contributed by atoms with Crippen molar-refractivity contribution in [3.63, 3.8) is 0 Å². The summed E-state index contributed by atoms with van der Waals surface area (Å²) in [4.78, 5) is 18.2. The molecule has 0 radical (unpaired) electrons. The van der Waals surface area contributed by atoms with Crippen molar-refractivity contribution < 1.29 is 18.1 Å². The zero-order valence-corrected chi connectivity index (χ0v) is 16.0. The summed E-state index contributed by atoms with van der Waals surface area (Å²) in [6, 6.07) is 3.94. The molecule has 1 fully saturated rings. The first kappa shape index (κ1) is 19.5. The summed E-state index contributed by atoms with van der Waals surface area (Å²) in [5.41, 5.74) is 0.184.